The maximum Gasteiger partial charge on any atom is 0.313 e. The second-order valence-electron chi connectivity index (χ2n) is 4.91. The van der Waals surface area contributed by atoms with Gasteiger partial charge in [-0.15, -0.1) is 0 Å². The van der Waals surface area contributed by atoms with E-state index in [-0.39, 0.29) is 5.02 Å². The van der Waals surface area contributed by atoms with E-state index in [4.69, 9.17) is 23.2 Å². The number of pyridine rings is 1. The van der Waals surface area contributed by atoms with Crippen LogP contribution >= 0.6 is 23.2 Å². The highest BCUT2D eigenvalue weighted by Crippen LogP contribution is 2.25. The van der Waals surface area contributed by atoms with Crippen molar-refractivity contribution >= 4 is 40.7 Å². The van der Waals surface area contributed by atoms with Gasteiger partial charge in [0.1, 0.15) is 0 Å². The Morgan fingerprint density at radius 3 is 2.52 bits per heavy atom. The molecule has 0 aliphatic rings. The van der Waals surface area contributed by atoms with Gasteiger partial charge in [-0.2, -0.15) is 0 Å². The number of halogens is 2. The third-order valence-electron chi connectivity index (χ3n) is 3.21. The molecule has 1 N–H and O–H groups in total. The number of hydrogen-bond donors (Lipinski definition) is 1. The highest BCUT2D eigenvalue weighted by atomic mass is 35.5. The Morgan fingerprint density at radius 1 is 1.17 bits per heavy atom. The molecular weight excluding hydrogens is 337 g/mol. The van der Waals surface area contributed by atoms with Crippen molar-refractivity contribution < 1.29 is 9.59 Å². The smallest absolute Gasteiger partial charge is 0.313 e. The first kappa shape index (κ1) is 17.2. The Morgan fingerprint density at radius 2 is 1.87 bits per heavy atom. The van der Waals surface area contributed by atoms with Crippen molar-refractivity contribution in [1.82, 2.24) is 9.88 Å². The van der Waals surface area contributed by atoms with E-state index in [9.17, 15) is 9.59 Å². The largest absolute Gasteiger partial charge is 0.337 e. The van der Waals surface area contributed by atoms with E-state index in [1.807, 2.05) is 12.1 Å². The fourth-order valence-electron chi connectivity index (χ4n) is 1.89. The van der Waals surface area contributed by atoms with E-state index >= 15 is 0 Å². The van der Waals surface area contributed by atoms with Crippen LogP contribution in [-0.4, -0.2) is 35.3 Å². The van der Waals surface area contributed by atoms with Crippen molar-refractivity contribution in [3.63, 3.8) is 0 Å². The van der Waals surface area contributed by atoms with Crippen LogP contribution in [0.4, 0.5) is 5.69 Å². The summed E-state index contributed by atoms with van der Waals surface area (Å²) in [5, 5.41) is 3.21. The van der Waals surface area contributed by atoms with Crippen LogP contribution in [0, 0.1) is 0 Å². The molecule has 23 heavy (non-hydrogen) atoms. The maximum atomic E-state index is 12.1. The third kappa shape index (κ3) is 4.94. The Labute approximate surface area is 144 Å². The third-order valence-corrected chi connectivity index (χ3v) is 3.75. The number of hydrogen-bond acceptors (Lipinski definition) is 3. The molecule has 0 aliphatic heterocycles. The molecule has 1 aromatic carbocycles. The number of rotatable bonds is 4. The Hall–Kier alpha value is -2.11. The van der Waals surface area contributed by atoms with E-state index in [0.717, 1.165) is 5.56 Å². The summed E-state index contributed by atoms with van der Waals surface area (Å²) in [6, 6.07) is 8.36. The van der Waals surface area contributed by atoms with Crippen LogP contribution < -0.4 is 5.32 Å². The van der Waals surface area contributed by atoms with Gasteiger partial charge in [0.25, 0.3) is 0 Å². The van der Waals surface area contributed by atoms with Gasteiger partial charge in [0.2, 0.25) is 0 Å². The normalized spacial score (nSPS) is 10.2. The molecule has 0 atom stereocenters. The molecule has 0 bridgehead atoms. The minimum absolute atomic E-state index is 0.276. The van der Waals surface area contributed by atoms with Gasteiger partial charge in [-0.3, -0.25) is 14.6 Å². The van der Waals surface area contributed by atoms with Crippen LogP contribution in [0.3, 0.4) is 0 Å². The molecule has 0 aliphatic carbocycles. The number of aromatic nitrogens is 1. The van der Waals surface area contributed by atoms with Crippen LogP contribution in [0.1, 0.15) is 5.56 Å². The summed E-state index contributed by atoms with van der Waals surface area (Å²) in [6.07, 6.45) is 4.01. The lowest BCUT2D eigenvalue weighted by molar-refractivity contribution is -0.142. The van der Waals surface area contributed by atoms with Crippen LogP contribution in [0.5, 0.6) is 0 Å². The molecule has 0 radical (unpaired) electrons. The highest BCUT2D eigenvalue weighted by Gasteiger charge is 2.19. The van der Waals surface area contributed by atoms with Gasteiger partial charge in [0.15, 0.2) is 0 Å². The molecule has 0 unspecified atom stereocenters. The molecule has 1 heterocycles. The van der Waals surface area contributed by atoms with E-state index in [1.54, 1.807) is 31.6 Å². The first-order valence-electron chi connectivity index (χ1n) is 6.88. The minimum atomic E-state index is -0.744. The number of carbonyl (C=O) groups excluding carboxylic acids is 2. The second-order valence-corrected chi connectivity index (χ2v) is 5.75. The number of likely N-dealkylation sites (N-methyl/N-ethyl adjacent to an activating group) is 1. The average molecular weight is 352 g/mol. The fourth-order valence-corrected chi connectivity index (χ4v) is 2.34. The van der Waals surface area contributed by atoms with E-state index in [2.05, 4.69) is 10.3 Å². The predicted octanol–water partition coefficient (Wildman–Crippen LogP) is 3.03. The van der Waals surface area contributed by atoms with Gasteiger partial charge in [-0.05, 0) is 42.3 Å². The van der Waals surface area contributed by atoms with Crippen molar-refractivity contribution in [3.05, 3.63) is 58.3 Å². The molecule has 7 heteroatoms. The fraction of sp³-hybridized carbons (Fsp3) is 0.188. The zero-order chi connectivity index (χ0) is 16.8. The van der Waals surface area contributed by atoms with E-state index in [0.29, 0.717) is 23.7 Å². The lowest BCUT2D eigenvalue weighted by Gasteiger charge is -2.17. The minimum Gasteiger partial charge on any atom is -0.337 e. The van der Waals surface area contributed by atoms with Gasteiger partial charge in [0, 0.05) is 31.0 Å². The summed E-state index contributed by atoms with van der Waals surface area (Å²) in [7, 11) is 1.58. The lowest BCUT2D eigenvalue weighted by Crippen LogP contribution is -2.38. The summed E-state index contributed by atoms with van der Waals surface area (Å²) in [5.41, 5.74) is 1.39. The average Bonchev–Trinajstić information content (AvgIpc) is 2.55. The zero-order valence-corrected chi connectivity index (χ0v) is 13.9. The summed E-state index contributed by atoms with van der Waals surface area (Å²) < 4.78 is 0. The van der Waals surface area contributed by atoms with Gasteiger partial charge >= 0.3 is 11.8 Å². The van der Waals surface area contributed by atoms with Crippen molar-refractivity contribution in [1.29, 1.82) is 0 Å². The molecule has 0 spiro atoms. The van der Waals surface area contributed by atoms with Crippen molar-refractivity contribution in [3.8, 4) is 0 Å². The number of benzene rings is 1. The Kier molecular flexibility index (Phi) is 5.96. The van der Waals surface area contributed by atoms with Crippen LogP contribution in [0.25, 0.3) is 0 Å². The van der Waals surface area contributed by atoms with Crippen LogP contribution in [0.2, 0.25) is 10.0 Å². The number of nitrogens with one attached hydrogen (secondary N) is 1. The van der Waals surface area contributed by atoms with Crippen molar-refractivity contribution in [2.24, 2.45) is 0 Å². The molecule has 2 aromatic rings. The SMILES string of the molecule is CN(CCc1ccncc1)C(=O)C(=O)Nc1ccc(Cl)cc1Cl. The van der Waals surface area contributed by atoms with Crippen LogP contribution in [-0.2, 0) is 16.0 Å². The molecule has 2 rings (SSSR count). The summed E-state index contributed by atoms with van der Waals surface area (Å²) in [5.74, 6) is -1.38. The summed E-state index contributed by atoms with van der Waals surface area (Å²) in [4.78, 5) is 29.4. The zero-order valence-electron chi connectivity index (χ0n) is 12.4. The molecule has 120 valence electrons. The molecule has 0 saturated heterocycles. The second kappa shape index (κ2) is 7.94. The molecular formula is C16H15Cl2N3O2. The van der Waals surface area contributed by atoms with Crippen molar-refractivity contribution in [2.45, 2.75) is 6.42 Å². The number of nitrogens with zero attached hydrogens (tertiary/aromatic N) is 2. The molecule has 1 aromatic heterocycles. The predicted molar refractivity (Wildman–Crippen MR) is 90.7 cm³/mol. The topological polar surface area (TPSA) is 62.3 Å². The quantitative estimate of drug-likeness (QED) is 0.861. The first-order valence-corrected chi connectivity index (χ1v) is 7.63. The highest BCUT2D eigenvalue weighted by molar-refractivity contribution is 6.42. The van der Waals surface area contributed by atoms with Crippen LogP contribution in [0.15, 0.2) is 42.7 Å². The van der Waals surface area contributed by atoms with Gasteiger partial charge in [-0.25, -0.2) is 0 Å². The maximum absolute atomic E-state index is 12.1. The molecule has 0 fully saturated rings. The Bertz CT molecular complexity index is 708. The van der Waals surface area contributed by atoms with E-state index in [1.165, 1.54) is 11.0 Å². The number of amides is 2. The van der Waals surface area contributed by atoms with E-state index < -0.39 is 11.8 Å². The van der Waals surface area contributed by atoms with Crippen molar-refractivity contribution in [2.75, 3.05) is 18.9 Å². The summed E-state index contributed by atoms with van der Waals surface area (Å²) >= 11 is 11.8. The van der Waals surface area contributed by atoms with Gasteiger partial charge < -0.3 is 10.2 Å². The number of carbonyl (C=O) groups is 2. The summed E-state index contributed by atoms with van der Waals surface area (Å²) in [6.45, 7) is 0.421. The molecule has 5 nitrogen and oxygen atoms in total. The lowest BCUT2D eigenvalue weighted by atomic mass is 10.2. The van der Waals surface area contributed by atoms with Gasteiger partial charge in [-0.1, -0.05) is 23.2 Å². The first-order chi connectivity index (χ1) is 11.0. The monoisotopic (exact) mass is 351 g/mol. The Balaban J connectivity index is 1.92. The number of anilines is 1. The standard InChI is InChI=1S/C16H15Cl2N3O2/c1-21(9-6-11-4-7-19-8-5-11)16(23)15(22)20-14-3-2-12(17)10-13(14)18/h2-5,7-8,10H,6,9H2,1H3,(H,20,22). The molecule has 2 amide bonds. The molecule has 0 saturated carbocycles. The van der Waals surface area contributed by atoms with Gasteiger partial charge in [0.05, 0.1) is 10.7 Å².